The zero-order valence-corrected chi connectivity index (χ0v) is 32.2. The van der Waals surface area contributed by atoms with Gasteiger partial charge in [-0.3, -0.25) is 19.4 Å². The molecule has 252 valence electrons. The lowest BCUT2D eigenvalue weighted by Crippen LogP contribution is -2.51. The highest BCUT2D eigenvalue weighted by molar-refractivity contribution is 8.19. The molecule has 4 rings (SSSR count). The van der Waals surface area contributed by atoms with E-state index in [1.165, 1.54) is 21.0 Å². The summed E-state index contributed by atoms with van der Waals surface area (Å²) in [6.07, 6.45) is 5.60. The fourth-order valence-corrected chi connectivity index (χ4v) is 10.8. The lowest BCUT2D eigenvalue weighted by molar-refractivity contribution is -0.156. The van der Waals surface area contributed by atoms with Crippen LogP contribution in [0.4, 0.5) is 5.69 Å². The van der Waals surface area contributed by atoms with Crippen molar-refractivity contribution >= 4 is 70.2 Å². The minimum Gasteiger partial charge on any atom is -0.394 e. The molecule has 0 saturated carbocycles. The molecule has 0 bridgehead atoms. The normalized spacial score (nSPS) is 21.2. The number of piperidine rings is 1. The van der Waals surface area contributed by atoms with Crippen LogP contribution < -0.4 is 10.2 Å². The number of benzene rings is 1. The number of rotatable bonds is 10. The van der Waals surface area contributed by atoms with Crippen molar-refractivity contribution < 1.29 is 14.4 Å². The summed E-state index contributed by atoms with van der Waals surface area (Å²) in [5.41, 5.74) is 9.02. The minimum atomic E-state index is -0.640. The number of allylic oxidation sites excluding steroid dienone is 2. The molecule has 3 aliphatic heterocycles. The summed E-state index contributed by atoms with van der Waals surface area (Å²) in [6.45, 7) is 23.6. The Morgan fingerprint density at radius 1 is 1.17 bits per heavy atom. The van der Waals surface area contributed by atoms with Crippen molar-refractivity contribution in [1.29, 1.82) is 0 Å². The van der Waals surface area contributed by atoms with Gasteiger partial charge in [0.15, 0.2) is 5.78 Å². The second-order valence-corrected chi connectivity index (χ2v) is 16.1. The molecule has 1 fully saturated rings. The van der Waals surface area contributed by atoms with Crippen LogP contribution in [-0.2, 0) is 20.9 Å². The van der Waals surface area contributed by atoms with Gasteiger partial charge in [-0.05, 0) is 94.2 Å². The topological polar surface area (TPSA) is 73.0 Å². The molecule has 46 heavy (non-hydrogen) atoms. The second kappa shape index (κ2) is 15.2. The van der Waals surface area contributed by atoms with Gasteiger partial charge in [0.25, 0.3) is 0 Å². The van der Waals surface area contributed by atoms with Crippen LogP contribution in [-0.4, -0.2) is 70.4 Å². The predicted molar refractivity (Wildman–Crippen MR) is 202 cm³/mol. The molecule has 1 aromatic carbocycles. The molecule has 7 nitrogen and oxygen atoms in total. The minimum absolute atomic E-state index is 0.0517. The monoisotopic (exact) mass is 684 g/mol. The van der Waals surface area contributed by atoms with Crippen molar-refractivity contribution in [2.75, 3.05) is 37.5 Å². The molecule has 1 aromatic rings. The first kappa shape index (κ1) is 38.1. The van der Waals surface area contributed by atoms with Crippen molar-refractivity contribution in [3.05, 3.63) is 62.1 Å². The van der Waals surface area contributed by atoms with Crippen LogP contribution in [0, 0.1) is 6.92 Å². The molecule has 0 aliphatic carbocycles. The lowest BCUT2D eigenvalue weighted by Gasteiger charge is -2.52. The standard InChI is InChI=1S/C34H46N4O3S3.C2H6/c1-20(2)18-43-34(42-11)23(5)24(6)44-32-30(34)26-14-21(3)29(22(4)15-35-9)27(31(26)37(19-39)33(32,7)8)17-36(10)38-16-25(40)12-13-28(38)41;1-2/h14-15,19,35H,1,12-13,16-18H2,2-11H3;1-2H3/b22-15-;. The summed E-state index contributed by atoms with van der Waals surface area (Å²) in [5.74, 6) is 0.797. The number of amides is 2. The van der Waals surface area contributed by atoms with Gasteiger partial charge >= 0.3 is 0 Å². The Kier molecular flexibility index (Phi) is 12.6. The van der Waals surface area contributed by atoms with Crippen molar-refractivity contribution in [2.24, 2.45) is 0 Å². The van der Waals surface area contributed by atoms with Gasteiger partial charge < -0.3 is 10.2 Å². The van der Waals surface area contributed by atoms with Crippen molar-refractivity contribution in [3.8, 4) is 0 Å². The Bertz CT molecular complexity index is 1510. The van der Waals surface area contributed by atoms with Crippen LogP contribution in [0.15, 0.2) is 39.8 Å². The highest BCUT2D eigenvalue weighted by Gasteiger charge is 2.52. The van der Waals surface area contributed by atoms with Gasteiger partial charge in [-0.2, -0.15) is 0 Å². The largest absolute Gasteiger partial charge is 0.394 e. The third-order valence-electron chi connectivity index (χ3n) is 8.80. The van der Waals surface area contributed by atoms with Gasteiger partial charge in [-0.15, -0.1) is 23.5 Å². The van der Waals surface area contributed by atoms with Crippen LogP contribution in [0.5, 0.6) is 0 Å². The summed E-state index contributed by atoms with van der Waals surface area (Å²) >= 11 is 5.51. The van der Waals surface area contributed by atoms with Crippen LogP contribution in [0.1, 0.15) is 90.5 Å². The first-order chi connectivity index (χ1) is 21.7. The van der Waals surface area contributed by atoms with Gasteiger partial charge in [0.05, 0.1) is 17.8 Å². The number of hydrogen-bond donors (Lipinski definition) is 1. The number of carbonyl (C=O) groups is 3. The Labute approximate surface area is 289 Å². The van der Waals surface area contributed by atoms with E-state index in [1.807, 2.05) is 67.6 Å². The molecule has 10 heteroatoms. The number of nitrogens with one attached hydrogen (secondary N) is 1. The summed E-state index contributed by atoms with van der Waals surface area (Å²) in [6, 6.07) is 2.25. The van der Waals surface area contributed by atoms with Gasteiger partial charge in [-0.1, -0.05) is 37.8 Å². The number of hydrogen-bond acceptors (Lipinski definition) is 8. The van der Waals surface area contributed by atoms with E-state index in [9.17, 15) is 14.4 Å². The van der Waals surface area contributed by atoms with Gasteiger partial charge in [0, 0.05) is 60.8 Å². The van der Waals surface area contributed by atoms with E-state index < -0.39 is 5.54 Å². The SMILES string of the molecule is C=C(C)CSC1(SC)C(C)=C(C)SC2=C1c1cc(C)c(/C(C)=C\NC)c(CN(C)N3CC(=O)CCC3=O)c1N(C=O)C2(C)C.CC. The molecule has 1 N–H and O–H groups in total. The molecule has 3 heterocycles. The Morgan fingerprint density at radius 3 is 2.39 bits per heavy atom. The average Bonchev–Trinajstić information content (AvgIpc) is 3.00. The van der Waals surface area contributed by atoms with E-state index in [4.69, 9.17) is 0 Å². The summed E-state index contributed by atoms with van der Waals surface area (Å²) in [4.78, 5) is 43.0. The first-order valence-electron chi connectivity index (χ1n) is 15.9. The molecule has 3 aliphatic rings. The fourth-order valence-electron chi connectivity index (χ4n) is 6.54. The molecule has 1 saturated heterocycles. The third-order valence-corrected chi connectivity index (χ3v) is 13.8. The highest BCUT2D eigenvalue weighted by atomic mass is 32.2. The number of nitrogens with zero attached hydrogens (tertiary/aromatic N) is 3. The highest BCUT2D eigenvalue weighted by Crippen LogP contribution is 2.65. The van der Waals surface area contributed by atoms with Crippen LogP contribution >= 0.6 is 35.3 Å². The zero-order chi connectivity index (χ0) is 34.7. The number of Topliss-reactive ketones (excluding diaryl/α,β-unsaturated/α-hetero) is 1. The maximum atomic E-state index is 13.2. The van der Waals surface area contributed by atoms with E-state index in [0.717, 1.165) is 51.3 Å². The van der Waals surface area contributed by atoms with Crippen molar-refractivity contribution in [3.63, 3.8) is 0 Å². The van der Waals surface area contributed by atoms with Crippen LogP contribution in [0.25, 0.3) is 11.1 Å². The number of anilines is 1. The molecule has 1 atom stereocenters. The van der Waals surface area contributed by atoms with Gasteiger partial charge in [-0.25, -0.2) is 5.01 Å². The maximum Gasteiger partial charge on any atom is 0.237 e. The summed E-state index contributed by atoms with van der Waals surface area (Å²) in [5, 5.41) is 6.59. The molecule has 0 radical (unpaired) electrons. The van der Waals surface area contributed by atoms with E-state index >= 15 is 0 Å². The lowest BCUT2D eigenvalue weighted by atomic mass is 9.80. The first-order valence-corrected chi connectivity index (χ1v) is 18.9. The van der Waals surface area contributed by atoms with Crippen LogP contribution in [0.3, 0.4) is 0 Å². The quantitative estimate of drug-likeness (QED) is 0.151. The second-order valence-electron chi connectivity index (χ2n) is 12.5. The Balaban J connectivity index is 0.00000282. The number of fused-ring (bicyclic) bond motifs is 2. The van der Waals surface area contributed by atoms with E-state index in [1.54, 1.807) is 16.8 Å². The molecular weight excluding hydrogens is 633 g/mol. The Morgan fingerprint density at radius 2 is 1.83 bits per heavy atom. The maximum absolute atomic E-state index is 13.2. The number of aryl methyl sites for hydroxylation is 1. The predicted octanol–water partition coefficient (Wildman–Crippen LogP) is 8.02. The van der Waals surface area contributed by atoms with Crippen LogP contribution in [0.2, 0.25) is 0 Å². The zero-order valence-electron chi connectivity index (χ0n) is 29.8. The van der Waals surface area contributed by atoms with E-state index in [-0.39, 0.29) is 35.2 Å². The molecule has 0 aromatic heterocycles. The van der Waals surface area contributed by atoms with Crippen molar-refractivity contribution in [1.82, 2.24) is 15.3 Å². The Hall–Kier alpha value is -2.40. The van der Waals surface area contributed by atoms with Gasteiger partial charge in [0.2, 0.25) is 12.3 Å². The molecule has 1 unspecified atom stereocenters. The van der Waals surface area contributed by atoms with Crippen molar-refractivity contribution in [2.45, 2.75) is 91.3 Å². The number of ketones is 1. The smallest absolute Gasteiger partial charge is 0.237 e. The molecule has 0 spiro atoms. The average molecular weight is 685 g/mol. The number of thioether (sulfide) groups is 3. The molecular formula is C36H52N4O3S3. The summed E-state index contributed by atoms with van der Waals surface area (Å²) < 4.78 is -0.382. The van der Waals surface area contributed by atoms with E-state index in [2.05, 4.69) is 72.7 Å². The number of hydrazine groups is 1. The van der Waals surface area contributed by atoms with Gasteiger partial charge in [0.1, 0.15) is 4.08 Å². The van der Waals surface area contributed by atoms with E-state index in [0.29, 0.717) is 6.54 Å². The third kappa shape index (κ3) is 6.78. The molecule has 2 amide bonds. The fraction of sp³-hybridized carbons (Fsp3) is 0.528. The summed E-state index contributed by atoms with van der Waals surface area (Å²) in [7, 11) is 3.74. The number of carbonyl (C=O) groups excluding carboxylic acids is 3.